The number of amides is 1. The van der Waals surface area contributed by atoms with E-state index < -0.39 is 0 Å². The third-order valence-corrected chi connectivity index (χ3v) is 3.37. The molecule has 1 saturated heterocycles. The molecule has 2 atom stereocenters. The highest BCUT2D eigenvalue weighted by molar-refractivity contribution is 5.81. The summed E-state index contributed by atoms with van der Waals surface area (Å²) in [5.74, 6) is 0.801. The maximum atomic E-state index is 11.8. The van der Waals surface area contributed by atoms with Crippen LogP contribution in [0.15, 0.2) is 0 Å². The molecule has 0 spiro atoms. The SMILES string of the molecule is CC1CCNC(C(=O)NCCCCCCO)C1. The van der Waals surface area contributed by atoms with E-state index in [1.165, 1.54) is 6.42 Å². The van der Waals surface area contributed by atoms with Gasteiger partial charge in [0.25, 0.3) is 0 Å². The highest BCUT2D eigenvalue weighted by Crippen LogP contribution is 2.14. The minimum absolute atomic E-state index is 0.0104. The Balaban J connectivity index is 2.04. The van der Waals surface area contributed by atoms with Gasteiger partial charge in [-0.2, -0.15) is 0 Å². The van der Waals surface area contributed by atoms with Crippen LogP contribution in [0.5, 0.6) is 0 Å². The van der Waals surface area contributed by atoms with Crippen molar-refractivity contribution in [1.82, 2.24) is 10.6 Å². The predicted octanol–water partition coefficient (Wildman–Crippen LogP) is 1.04. The Bertz CT molecular complexity index is 221. The van der Waals surface area contributed by atoms with Crippen molar-refractivity contribution in [2.75, 3.05) is 19.7 Å². The van der Waals surface area contributed by atoms with Crippen LogP contribution in [0.3, 0.4) is 0 Å². The zero-order valence-electron chi connectivity index (χ0n) is 10.9. The van der Waals surface area contributed by atoms with Crippen LogP contribution in [0.1, 0.15) is 45.4 Å². The Morgan fingerprint density at radius 3 is 2.82 bits per heavy atom. The van der Waals surface area contributed by atoms with Crippen molar-refractivity contribution < 1.29 is 9.90 Å². The van der Waals surface area contributed by atoms with Gasteiger partial charge in [0, 0.05) is 13.2 Å². The number of piperidine rings is 1. The zero-order chi connectivity index (χ0) is 12.5. The van der Waals surface area contributed by atoms with E-state index in [9.17, 15) is 4.79 Å². The average Bonchev–Trinajstić information content (AvgIpc) is 2.33. The maximum Gasteiger partial charge on any atom is 0.237 e. The minimum atomic E-state index is 0.0104. The first kappa shape index (κ1) is 14.5. The van der Waals surface area contributed by atoms with E-state index in [1.54, 1.807) is 0 Å². The van der Waals surface area contributed by atoms with Gasteiger partial charge in [0.15, 0.2) is 0 Å². The van der Waals surface area contributed by atoms with E-state index in [-0.39, 0.29) is 18.6 Å². The second-order valence-electron chi connectivity index (χ2n) is 5.07. The summed E-state index contributed by atoms with van der Waals surface area (Å²) in [6.07, 6.45) is 6.13. The van der Waals surface area contributed by atoms with Crippen LogP contribution in [-0.2, 0) is 4.79 Å². The van der Waals surface area contributed by atoms with Gasteiger partial charge in [0.05, 0.1) is 6.04 Å². The molecule has 17 heavy (non-hydrogen) atoms. The first-order valence-electron chi connectivity index (χ1n) is 6.86. The summed E-state index contributed by atoms with van der Waals surface area (Å²) in [7, 11) is 0. The van der Waals surface area contributed by atoms with Crippen molar-refractivity contribution >= 4 is 5.91 Å². The Kier molecular flexibility index (Phi) is 7.21. The molecule has 3 N–H and O–H groups in total. The second kappa shape index (κ2) is 8.48. The molecule has 4 heteroatoms. The molecule has 1 amide bonds. The summed E-state index contributed by atoms with van der Waals surface area (Å²) in [6, 6.07) is 0.0104. The van der Waals surface area contributed by atoms with E-state index in [0.717, 1.165) is 45.2 Å². The number of carbonyl (C=O) groups is 1. The van der Waals surface area contributed by atoms with E-state index >= 15 is 0 Å². The molecular weight excluding hydrogens is 216 g/mol. The number of aliphatic hydroxyl groups excluding tert-OH is 1. The first-order chi connectivity index (χ1) is 8.24. The number of carbonyl (C=O) groups excluding carboxylic acids is 1. The molecule has 1 aliphatic heterocycles. The lowest BCUT2D eigenvalue weighted by Crippen LogP contribution is -2.48. The maximum absolute atomic E-state index is 11.8. The van der Waals surface area contributed by atoms with Crippen LogP contribution < -0.4 is 10.6 Å². The fourth-order valence-electron chi connectivity index (χ4n) is 2.23. The normalized spacial score (nSPS) is 24.6. The summed E-state index contributed by atoms with van der Waals surface area (Å²) in [5.41, 5.74) is 0. The molecule has 1 heterocycles. The molecule has 0 bridgehead atoms. The number of aliphatic hydroxyl groups is 1. The van der Waals surface area contributed by atoms with Crippen molar-refractivity contribution in [3.63, 3.8) is 0 Å². The molecule has 0 saturated carbocycles. The van der Waals surface area contributed by atoms with Crippen molar-refractivity contribution in [2.45, 2.75) is 51.5 Å². The van der Waals surface area contributed by atoms with Gasteiger partial charge in [-0.25, -0.2) is 0 Å². The minimum Gasteiger partial charge on any atom is -0.396 e. The summed E-state index contributed by atoms with van der Waals surface area (Å²) >= 11 is 0. The summed E-state index contributed by atoms with van der Waals surface area (Å²) in [6.45, 7) is 4.19. The highest BCUT2D eigenvalue weighted by atomic mass is 16.2. The lowest BCUT2D eigenvalue weighted by atomic mass is 9.94. The molecule has 4 nitrogen and oxygen atoms in total. The average molecular weight is 242 g/mol. The molecule has 1 aliphatic rings. The van der Waals surface area contributed by atoms with Crippen LogP contribution in [0.2, 0.25) is 0 Å². The summed E-state index contributed by atoms with van der Waals surface area (Å²) < 4.78 is 0. The van der Waals surface area contributed by atoms with Crippen LogP contribution in [0.4, 0.5) is 0 Å². The molecule has 0 aliphatic carbocycles. The number of hydrogen-bond donors (Lipinski definition) is 3. The largest absolute Gasteiger partial charge is 0.396 e. The standard InChI is InChI=1S/C13H26N2O2/c1-11-6-8-14-12(10-11)13(17)15-7-4-2-3-5-9-16/h11-12,14,16H,2-10H2,1H3,(H,15,17). The van der Waals surface area contributed by atoms with Gasteiger partial charge in [-0.15, -0.1) is 0 Å². The van der Waals surface area contributed by atoms with Gasteiger partial charge in [-0.05, 0) is 38.1 Å². The van der Waals surface area contributed by atoms with Crippen LogP contribution in [0.25, 0.3) is 0 Å². The smallest absolute Gasteiger partial charge is 0.237 e. The number of rotatable bonds is 7. The molecule has 100 valence electrons. The quantitative estimate of drug-likeness (QED) is 0.585. The van der Waals surface area contributed by atoms with Gasteiger partial charge in [-0.1, -0.05) is 19.8 Å². The number of unbranched alkanes of at least 4 members (excludes halogenated alkanes) is 3. The van der Waals surface area contributed by atoms with Crippen LogP contribution in [-0.4, -0.2) is 36.8 Å². The van der Waals surface area contributed by atoms with E-state index in [1.807, 2.05) is 0 Å². The predicted molar refractivity (Wildman–Crippen MR) is 68.8 cm³/mol. The van der Waals surface area contributed by atoms with E-state index in [0.29, 0.717) is 5.92 Å². The lowest BCUT2D eigenvalue weighted by Gasteiger charge is -2.27. The van der Waals surface area contributed by atoms with Crippen molar-refractivity contribution in [2.24, 2.45) is 5.92 Å². The van der Waals surface area contributed by atoms with Gasteiger partial charge < -0.3 is 15.7 Å². The Labute approximate surface area is 104 Å². The fourth-order valence-corrected chi connectivity index (χ4v) is 2.23. The van der Waals surface area contributed by atoms with Gasteiger partial charge in [0.2, 0.25) is 5.91 Å². The van der Waals surface area contributed by atoms with E-state index in [2.05, 4.69) is 17.6 Å². The second-order valence-corrected chi connectivity index (χ2v) is 5.07. The van der Waals surface area contributed by atoms with Crippen molar-refractivity contribution in [1.29, 1.82) is 0 Å². The van der Waals surface area contributed by atoms with E-state index in [4.69, 9.17) is 5.11 Å². The summed E-state index contributed by atoms with van der Waals surface area (Å²) in [4.78, 5) is 11.8. The number of hydrogen-bond acceptors (Lipinski definition) is 3. The van der Waals surface area contributed by atoms with Crippen molar-refractivity contribution in [3.8, 4) is 0 Å². The Morgan fingerprint density at radius 1 is 1.35 bits per heavy atom. The van der Waals surface area contributed by atoms with Crippen LogP contribution in [0, 0.1) is 5.92 Å². The van der Waals surface area contributed by atoms with Crippen LogP contribution >= 0.6 is 0 Å². The Hall–Kier alpha value is -0.610. The fraction of sp³-hybridized carbons (Fsp3) is 0.923. The van der Waals surface area contributed by atoms with Gasteiger partial charge in [0.1, 0.15) is 0 Å². The lowest BCUT2D eigenvalue weighted by molar-refractivity contribution is -0.124. The van der Waals surface area contributed by atoms with Gasteiger partial charge in [-0.3, -0.25) is 4.79 Å². The first-order valence-corrected chi connectivity index (χ1v) is 6.86. The molecule has 2 unspecified atom stereocenters. The van der Waals surface area contributed by atoms with Gasteiger partial charge >= 0.3 is 0 Å². The number of nitrogens with one attached hydrogen (secondary N) is 2. The topological polar surface area (TPSA) is 61.4 Å². The molecular formula is C13H26N2O2. The van der Waals surface area contributed by atoms with Crippen molar-refractivity contribution in [3.05, 3.63) is 0 Å². The molecule has 1 fully saturated rings. The summed E-state index contributed by atoms with van der Waals surface area (Å²) in [5, 5.41) is 14.9. The third-order valence-electron chi connectivity index (χ3n) is 3.37. The molecule has 0 radical (unpaired) electrons. The zero-order valence-corrected chi connectivity index (χ0v) is 10.9. The Morgan fingerprint density at radius 2 is 2.12 bits per heavy atom. The third kappa shape index (κ3) is 6.03. The molecule has 1 rings (SSSR count). The molecule has 0 aromatic carbocycles. The monoisotopic (exact) mass is 242 g/mol. The molecule has 0 aromatic rings. The molecule has 0 aromatic heterocycles. The highest BCUT2D eigenvalue weighted by Gasteiger charge is 2.23.